The van der Waals surface area contributed by atoms with Crippen molar-refractivity contribution in [2.24, 2.45) is 5.92 Å². The molecular formula is C20H22N2O4. The third-order valence-corrected chi connectivity index (χ3v) is 4.51. The number of carbonyl (C=O) groups is 2. The van der Waals surface area contributed by atoms with Gasteiger partial charge in [-0.25, -0.2) is 0 Å². The first-order valence-corrected chi connectivity index (χ1v) is 8.41. The first-order valence-electron chi connectivity index (χ1n) is 8.41. The molecule has 26 heavy (non-hydrogen) atoms. The van der Waals surface area contributed by atoms with Gasteiger partial charge < -0.3 is 19.7 Å². The summed E-state index contributed by atoms with van der Waals surface area (Å²) < 4.78 is 10.5. The van der Waals surface area contributed by atoms with Gasteiger partial charge in [-0.2, -0.15) is 0 Å². The normalized spacial score (nSPS) is 16.5. The SMILES string of the molecule is COc1ccc(NC(=O)C2CC(=O)N(c3ccc(C)cc3)C2)c(OC)c1. The van der Waals surface area contributed by atoms with Gasteiger partial charge in [-0.05, 0) is 31.2 Å². The third-order valence-electron chi connectivity index (χ3n) is 4.51. The maximum atomic E-state index is 12.6. The van der Waals surface area contributed by atoms with Crippen LogP contribution in [0.25, 0.3) is 0 Å². The molecule has 0 spiro atoms. The van der Waals surface area contributed by atoms with Crippen LogP contribution in [0.2, 0.25) is 0 Å². The number of nitrogens with one attached hydrogen (secondary N) is 1. The molecule has 1 fully saturated rings. The molecule has 0 aliphatic carbocycles. The lowest BCUT2D eigenvalue weighted by atomic mass is 10.1. The average molecular weight is 354 g/mol. The molecule has 0 radical (unpaired) electrons. The third kappa shape index (κ3) is 3.64. The summed E-state index contributed by atoms with van der Waals surface area (Å²) in [6, 6.07) is 12.9. The molecule has 1 atom stereocenters. The highest BCUT2D eigenvalue weighted by molar-refractivity contribution is 6.03. The monoisotopic (exact) mass is 354 g/mol. The first-order chi connectivity index (χ1) is 12.5. The van der Waals surface area contributed by atoms with Gasteiger partial charge in [0.1, 0.15) is 11.5 Å². The summed E-state index contributed by atoms with van der Waals surface area (Å²) >= 11 is 0. The van der Waals surface area contributed by atoms with Crippen molar-refractivity contribution >= 4 is 23.2 Å². The van der Waals surface area contributed by atoms with Crippen molar-refractivity contribution in [2.75, 3.05) is 31.0 Å². The van der Waals surface area contributed by atoms with E-state index in [-0.39, 0.29) is 18.2 Å². The standard InChI is InChI=1S/C20H22N2O4/c1-13-4-6-15(7-5-13)22-12-14(10-19(22)23)20(24)21-17-9-8-16(25-2)11-18(17)26-3/h4-9,11,14H,10,12H2,1-3H3,(H,21,24). The van der Waals surface area contributed by atoms with Gasteiger partial charge in [-0.15, -0.1) is 0 Å². The van der Waals surface area contributed by atoms with Gasteiger partial charge in [0.2, 0.25) is 11.8 Å². The van der Waals surface area contributed by atoms with Crippen LogP contribution in [-0.4, -0.2) is 32.6 Å². The molecule has 1 saturated heterocycles. The predicted octanol–water partition coefficient (Wildman–Crippen LogP) is 3.00. The molecular weight excluding hydrogens is 332 g/mol. The maximum absolute atomic E-state index is 12.6. The summed E-state index contributed by atoms with van der Waals surface area (Å²) in [5.41, 5.74) is 2.50. The van der Waals surface area contributed by atoms with Crippen molar-refractivity contribution in [3.05, 3.63) is 48.0 Å². The van der Waals surface area contributed by atoms with E-state index >= 15 is 0 Å². The van der Waals surface area contributed by atoms with Gasteiger partial charge in [0, 0.05) is 24.7 Å². The first kappa shape index (κ1) is 17.8. The van der Waals surface area contributed by atoms with Gasteiger partial charge in [0.25, 0.3) is 0 Å². The Kier molecular flexibility index (Phi) is 5.11. The zero-order chi connectivity index (χ0) is 18.7. The average Bonchev–Trinajstić information content (AvgIpc) is 3.04. The molecule has 1 aliphatic rings. The van der Waals surface area contributed by atoms with Crippen LogP contribution in [0.1, 0.15) is 12.0 Å². The number of hydrogen-bond acceptors (Lipinski definition) is 4. The number of hydrogen-bond donors (Lipinski definition) is 1. The summed E-state index contributed by atoms with van der Waals surface area (Å²) in [4.78, 5) is 26.6. The fraction of sp³-hybridized carbons (Fsp3) is 0.300. The van der Waals surface area contributed by atoms with Crippen LogP contribution in [0, 0.1) is 12.8 Å². The highest BCUT2D eigenvalue weighted by Gasteiger charge is 2.35. The fourth-order valence-electron chi connectivity index (χ4n) is 2.99. The number of rotatable bonds is 5. The van der Waals surface area contributed by atoms with E-state index in [9.17, 15) is 9.59 Å². The lowest BCUT2D eigenvalue weighted by Crippen LogP contribution is -2.28. The Bertz CT molecular complexity index is 817. The van der Waals surface area contributed by atoms with Crippen LogP contribution in [0.5, 0.6) is 11.5 Å². The van der Waals surface area contributed by atoms with E-state index in [1.165, 1.54) is 7.11 Å². The van der Waals surface area contributed by atoms with E-state index in [0.29, 0.717) is 23.7 Å². The Morgan fingerprint density at radius 1 is 1.12 bits per heavy atom. The molecule has 0 bridgehead atoms. The minimum atomic E-state index is -0.407. The quantitative estimate of drug-likeness (QED) is 0.896. The van der Waals surface area contributed by atoms with Crippen molar-refractivity contribution in [1.82, 2.24) is 0 Å². The second-order valence-electron chi connectivity index (χ2n) is 6.30. The molecule has 2 aromatic carbocycles. The molecule has 1 heterocycles. The highest BCUT2D eigenvalue weighted by atomic mass is 16.5. The Morgan fingerprint density at radius 3 is 2.50 bits per heavy atom. The Morgan fingerprint density at radius 2 is 1.85 bits per heavy atom. The van der Waals surface area contributed by atoms with Crippen LogP contribution in [0.4, 0.5) is 11.4 Å². The number of ether oxygens (including phenoxy) is 2. The molecule has 2 amide bonds. The summed E-state index contributed by atoms with van der Waals surface area (Å²) in [6.07, 6.45) is 0.193. The van der Waals surface area contributed by atoms with Crippen LogP contribution in [0.15, 0.2) is 42.5 Å². The summed E-state index contributed by atoms with van der Waals surface area (Å²) in [7, 11) is 3.10. The van der Waals surface area contributed by atoms with Gasteiger partial charge in [0.15, 0.2) is 0 Å². The van der Waals surface area contributed by atoms with E-state index in [1.54, 1.807) is 30.2 Å². The topological polar surface area (TPSA) is 67.9 Å². The van der Waals surface area contributed by atoms with Crippen LogP contribution >= 0.6 is 0 Å². The minimum absolute atomic E-state index is 0.0456. The molecule has 1 N–H and O–H groups in total. The van der Waals surface area contributed by atoms with E-state index in [4.69, 9.17) is 9.47 Å². The lowest BCUT2D eigenvalue weighted by molar-refractivity contribution is -0.122. The molecule has 1 aliphatic heterocycles. The fourth-order valence-corrected chi connectivity index (χ4v) is 2.99. The van der Waals surface area contributed by atoms with Crippen molar-refractivity contribution in [1.29, 1.82) is 0 Å². The van der Waals surface area contributed by atoms with E-state index < -0.39 is 5.92 Å². The van der Waals surface area contributed by atoms with E-state index in [0.717, 1.165) is 11.3 Å². The second kappa shape index (κ2) is 7.47. The van der Waals surface area contributed by atoms with Crippen LogP contribution in [-0.2, 0) is 9.59 Å². The predicted molar refractivity (Wildman–Crippen MR) is 99.8 cm³/mol. The van der Waals surface area contributed by atoms with Crippen molar-refractivity contribution in [2.45, 2.75) is 13.3 Å². The molecule has 2 aromatic rings. The molecule has 1 unspecified atom stereocenters. The molecule has 136 valence electrons. The number of amides is 2. The highest BCUT2D eigenvalue weighted by Crippen LogP contribution is 2.31. The van der Waals surface area contributed by atoms with Crippen LogP contribution < -0.4 is 19.7 Å². The zero-order valence-corrected chi connectivity index (χ0v) is 15.1. The number of benzene rings is 2. The molecule has 0 aromatic heterocycles. The number of anilines is 2. The van der Waals surface area contributed by atoms with Crippen LogP contribution in [0.3, 0.4) is 0 Å². The number of nitrogens with zero attached hydrogens (tertiary/aromatic N) is 1. The summed E-state index contributed by atoms with van der Waals surface area (Å²) in [5, 5.41) is 2.86. The summed E-state index contributed by atoms with van der Waals surface area (Å²) in [6.45, 7) is 2.36. The van der Waals surface area contributed by atoms with Gasteiger partial charge >= 0.3 is 0 Å². The maximum Gasteiger partial charge on any atom is 0.229 e. The van der Waals surface area contributed by atoms with E-state index in [1.807, 2.05) is 31.2 Å². The Balaban J connectivity index is 1.71. The van der Waals surface area contributed by atoms with Gasteiger partial charge in [0.05, 0.1) is 25.8 Å². The second-order valence-corrected chi connectivity index (χ2v) is 6.30. The molecule has 3 rings (SSSR count). The van der Waals surface area contributed by atoms with Gasteiger partial charge in [-0.1, -0.05) is 17.7 Å². The van der Waals surface area contributed by atoms with Crippen molar-refractivity contribution in [3.63, 3.8) is 0 Å². The number of methoxy groups -OCH3 is 2. The molecule has 6 heteroatoms. The van der Waals surface area contributed by atoms with E-state index in [2.05, 4.69) is 5.32 Å². The summed E-state index contributed by atoms with van der Waals surface area (Å²) in [5.74, 6) is 0.501. The van der Waals surface area contributed by atoms with Crippen molar-refractivity contribution in [3.8, 4) is 11.5 Å². The molecule has 0 saturated carbocycles. The number of aryl methyl sites for hydroxylation is 1. The number of carbonyl (C=O) groups excluding carboxylic acids is 2. The zero-order valence-electron chi connectivity index (χ0n) is 15.1. The largest absolute Gasteiger partial charge is 0.497 e. The smallest absolute Gasteiger partial charge is 0.229 e. The minimum Gasteiger partial charge on any atom is -0.497 e. The van der Waals surface area contributed by atoms with Gasteiger partial charge in [-0.3, -0.25) is 9.59 Å². The Labute approximate surface area is 152 Å². The Hall–Kier alpha value is -3.02. The lowest BCUT2D eigenvalue weighted by Gasteiger charge is -2.17. The van der Waals surface area contributed by atoms with Crippen molar-refractivity contribution < 1.29 is 19.1 Å². The molecule has 6 nitrogen and oxygen atoms in total.